The maximum absolute atomic E-state index is 12.3. The van der Waals surface area contributed by atoms with E-state index in [1.165, 1.54) is 6.92 Å². The van der Waals surface area contributed by atoms with Crippen molar-refractivity contribution < 1.29 is 14.3 Å². The quantitative estimate of drug-likeness (QED) is 0.771. The molecule has 7 heteroatoms. The predicted octanol–water partition coefficient (Wildman–Crippen LogP) is 2.85. The highest BCUT2D eigenvalue weighted by Gasteiger charge is 2.29. The molecular formula is C20H26N4O3. The minimum Gasteiger partial charge on any atom is -0.459 e. The Morgan fingerprint density at radius 3 is 2.74 bits per heavy atom. The average Bonchev–Trinajstić information content (AvgIpc) is 2.56. The van der Waals surface area contributed by atoms with Gasteiger partial charge in [0.2, 0.25) is 0 Å². The number of Topliss-reactive ketones (excluding diaryl/α,β-unsaturated/α-hetero) is 1. The zero-order valence-electron chi connectivity index (χ0n) is 16.2. The Hall–Kier alpha value is -2.96. The largest absolute Gasteiger partial charge is 0.459 e. The maximum Gasteiger partial charge on any atom is 0.326 e. The molecule has 1 aliphatic rings. The number of carbonyl (C=O) groups excluding carboxylic acids is 2. The van der Waals surface area contributed by atoms with Crippen molar-refractivity contribution in [3.63, 3.8) is 0 Å². The molecule has 1 aromatic heterocycles. The van der Waals surface area contributed by atoms with Gasteiger partial charge >= 0.3 is 5.97 Å². The van der Waals surface area contributed by atoms with E-state index in [2.05, 4.69) is 22.1 Å². The second kappa shape index (κ2) is 8.62. The highest BCUT2D eigenvalue weighted by atomic mass is 16.6. The standard InChI is InChI=1S/C20H26N4O3/c1-6-8-15-11-17(22-18-9-7-10-21-23-18)16(14(2)25)12-24(15)13-19(26)27-20(3,4)5/h6-10,12,17H,1,11,13H2,2-5H3,(H,22,23)/b15-8+. The van der Waals surface area contributed by atoms with Crippen LogP contribution in [-0.2, 0) is 14.3 Å². The lowest BCUT2D eigenvalue weighted by Crippen LogP contribution is -2.39. The van der Waals surface area contributed by atoms with Gasteiger partial charge in [-0.05, 0) is 45.9 Å². The van der Waals surface area contributed by atoms with Crippen molar-refractivity contribution in [2.75, 3.05) is 11.9 Å². The van der Waals surface area contributed by atoms with Crippen LogP contribution < -0.4 is 5.32 Å². The van der Waals surface area contributed by atoms with Crippen LogP contribution in [0.2, 0.25) is 0 Å². The van der Waals surface area contributed by atoms with Crippen molar-refractivity contribution in [3.8, 4) is 0 Å². The van der Waals surface area contributed by atoms with Gasteiger partial charge in [0.25, 0.3) is 0 Å². The second-order valence-corrected chi connectivity index (χ2v) is 7.26. The maximum atomic E-state index is 12.3. The van der Waals surface area contributed by atoms with Gasteiger partial charge in [-0.1, -0.05) is 12.7 Å². The number of nitrogens with zero attached hydrogens (tertiary/aromatic N) is 3. The minimum atomic E-state index is -0.571. The van der Waals surface area contributed by atoms with E-state index in [-0.39, 0.29) is 24.3 Å². The van der Waals surface area contributed by atoms with E-state index in [4.69, 9.17) is 4.74 Å². The van der Waals surface area contributed by atoms with E-state index in [9.17, 15) is 9.59 Å². The molecule has 0 saturated carbocycles. The number of allylic oxidation sites excluding steroid dienone is 2. The molecule has 7 nitrogen and oxygen atoms in total. The molecule has 0 aliphatic carbocycles. The summed E-state index contributed by atoms with van der Waals surface area (Å²) in [6.45, 7) is 10.7. The molecule has 2 rings (SSSR count). The molecular weight excluding hydrogens is 344 g/mol. The fourth-order valence-electron chi connectivity index (χ4n) is 2.76. The molecule has 144 valence electrons. The number of ketones is 1. The van der Waals surface area contributed by atoms with E-state index in [1.807, 2.05) is 26.8 Å². The SMILES string of the molecule is C=C/C=C1\CC(Nc2cccnn2)C(C(C)=O)=CN1CC(=O)OC(C)(C)C. The van der Waals surface area contributed by atoms with Gasteiger partial charge in [0.1, 0.15) is 18.0 Å². The van der Waals surface area contributed by atoms with Gasteiger partial charge in [-0.2, -0.15) is 5.10 Å². The molecule has 0 fully saturated rings. The Morgan fingerprint density at radius 1 is 1.44 bits per heavy atom. The van der Waals surface area contributed by atoms with E-state index in [1.54, 1.807) is 35.5 Å². The first kappa shape index (κ1) is 20.4. The van der Waals surface area contributed by atoms with Gasteiger partial charge in [0.15, 0.2) is 5.78 Å². The second-order valence-electron chi connectivity index (χ2n) is 7.26. The first-order valence-corrected chi connectivity index (χ1v) is 8.76. The van der Waals surface area contributed by atoms with Crippen LogP contribution in [0.5, 0.6) is 0 Å². The number of rotatable bonds is 6. The van der Waals surface area contributed by atoms with Crippen LogP contribution >= 0.6 is 0 Å². The summed E-state index contributed by atoms with van der Waals surface area (Å²) in [6, 6.07) is 3.28. The van der Waals surface area contributed by atoms with Crippen molar-refractivity contribution in [2.24, 2.45) is 0 Å². The number of esters is 1. The van der Waals surface area contributed by atoms with Gasteiger partial charge in [-0.25, -0.2) is 0 Å². The first-order chi connectivity index (χ1) is 12.7. The molecule has 0 aromatic carbocycles. The van der Waals surface area contributed by atoms with Crippen LogP contribution in [0.15, 0.2) is 54.5 Å². The van der Waals surface area contributed by atoms with Crippen molar-refractivity contribution in [1.82, 2.24) is 15.1 Å². The summed E-state index contributed by atoms with van der Waals surface area (Å²) in [5, 5.41) is 11.1. The Balaban J connectivity index is 2.28. The number of hydrogen-bond donors (Lipinski definition) is 1. The van der Waals surface area contributed by atoms with Crippen molar-refractivity contribution in [3.05, 3.63) is 54.5 Å². The smallest absolute Gasteiger partial charge is 0.326 e. The number of carbonyl (C=O) groups is 2. The lowest BCUT2D eigenvalue weighted by atomic mass is 9.95. The highest BCUT2D eigenvalue weighted by Crippen LogP contribution is 2.27. The molecule has 1 N–H and O–H groups in total. The molecule has 1 aromatic rings. The number of anilines is 1. The Bertz CT molecular complexity index is 763. The number of hydrogen-bond acceptors (Lipinski definition) is 7. The topological polar surface area (TPSA) is 84.4 Å². The third kappa shape index (κ3) is 6.06. The third-order valence-corrected chi connectivity index (χ3v) is 3.78. The van der Waals surface area contributed by atoms with Gasteiger partial charge < -0.3 is 15.0 Å². The summed E-state index contributed by atoms with van der Waals surface area (Å²) in [5.74, 6) is 0.133. The van der Waals surface area contributed by atoms with Gasteiger partial charge in [0.05, 0.1) is 6.04 Å². The summed E-state index contributed by atoms with van der Waals surface area (Å²) in [5.41, 5.74) is 0.839. The molecule has 1 aliphatic heterocycles. The molecule has 27 heavy (non-hydrogen) atoms. The molecule has 0 amide bonds. The summed E-state index contributed by atoms with van der Waals surface area (Å²) in [6.07, 6.45) is 7.25. The Morgan fingerprint density at radius 2 is 2.19 bits per heavy atom. The van der Waals surface area contributed by atoms with Crippen LogP contribution in [0.25, 0.3) is 0 Å². The molecule has 0 saturated heterocycles. The molecule has 0 bridgehead atoms. The van der Waals surface area contributed by atoms with Crippen molar-refractivity contribution in [2.45, 2.75) is 45.8 Å². The number of ether oxygens (including phenoxy) is 1. The molecule has 2 heterocycles. The predicted molar refractivity (Wildman–Crippen MR) is 104 cm³/mol. The van der Waals surface area contributed by atoms with Crippen LogP contribution in [0.4, 0.5) is 5.82 Å². The van der Waals surface area contributed by atoms with Crippen LogP contribution in [-0.4, -0.2) is 45.0 Å². The van der Waals surface area contributed by atoms with Crippen LogP contribution in [0, 0.1) is 0 Å². The zero-order valence-corrected chi connectivity index (χ0v) is 16.2. The fourth-order valence-corrected chi connectivity index (χ4v) is 2.76. The third-order valence-electron chi connectivity index (χ3n) is 3.78. The van der Waals surface area contributed by atoms with Crippen molar-refractivity contribution >= 4 is 17.6 Å². The summed E-state index contributed by atoms with van der Waals surface area (Å²) in [7, 11) is 0. The number of aromatic nitrogens is 2. The summed E-state index contributed by atoms with van der Waals surface area (Å²) < 4.78 is 5.40. The summed E-state index contributed by atoms with van der Waals surface area (Å²) >= 11 is 0. The highest BCUT2D eigenvalue weighted by molar-refractivity contribution is 5.95. The monoisotopic (exact) mass is 370 g/mol. The molecule has 0 spiro atoms. The van der Waals surface area contributed by atoms with Crippen molar-refractivity contribution in [1.29, 1.82) is 0 Å². The van der Waals surface area contributed by atoms with Gasteiger partial charge in [-0.15, -0.1) is 5.10 Å². The van der Waals surface area contributed by atoms with Crippen LogP contribution in [0.3, 0.4) is 0 Å². The first-order valence-electron chi connectivity index (χ1n) is 8.76. The van der Waals surface area contributed by atoms with E-state index < -0.39 is 5.60 Å². The minimum absolute atomic E-state index is 0.0194. The average molecular weight is 370 g/mol. The molecule has 0 radical (unpaired) electrons. The van der Waals surface area contributed by atoms with Gasteiger partial charge in [0, 0.05) is 30.1 Å². The normalized spacial score (nSPS) is 18.7. The van der Waals surface area contributed by atoms with E-state index in [0.717, 1.165) is 5.70 Å². The number of nitrogens with one attached hydrogen (secondary N) is 1. The fraction of sp³-hybridized carbons (Fsp3) is 0.400. The summed E-state index contributed by atoms with van der Waals surface area (Å²) in [4.78, 5) is 26.2. The van der Waals surface area contributed by atoms with Gasteiger partial charge in [-0.3, -0.25) is 9.59 Å². The Labute approximate surface area is 159 Å². The zero-order chi connectivity index (χ0) is 20.0. The molecule has 1 unspecified atom stereocenters. The Kier molecular flexibility index (Phi) is 6.50. The molecule has 1 atom stereocenters. The lowest BCUT2D eigenvalue weighted by molar-refractivity contribution is -0.155. The van der Waals surface area contributed by atoms with E-state index >= 15 is 0 Å². The van der Waals surface area contributed by atoms with E-state index in [0.29, 0.717) is 17.8 Å². The van der Waals surface area contributed by atoms with Crippen LogP contribution in [0.1, 0.15) is 34.1 Å². The lowest BCUT2D eigenvalue weighted by Gasteiger charge is -2.34.